The lowest BCUT2D eigenvalue weighted by Crippen LogP contribution is -2.40. The van der Waals surface area contributed by atoms with E-state index in [9.17, 15) is 24.9 Å². The van der Waals surface area contributed by atoms with E-state index in [0.29, 0.717) is 17.1 Å². The number of hydrogen-bond acceptors (Lipinski definition) is 5. The van der Waals surface area contributed by atoms with Crippen molar-refractivity contribution in [3.63, 3.8) is 0 Å². The SMILES string of the molecule is CCCC[C@H](NC(=O)c1cc(-c2c(O)cccc2O)n(-c2ccc(Cl)c3ccccc23)n1)C(=O)O. The fourth-order valence-electron chi connectivity index (χ4n) is 3.97. The van der Waals surface area contributed by atoms with Crippen molar-refractivity contribution in [2.75, 3.05) is 0 Å². The Balaban J connectivity index is 1.88. The number of halogens is 1. The Morgan fingerprint density at radius 2 is 1.71 bits per heavy atom. The normalized spacial score (nSPS) is 11.9. The van der Waals surface area contributed by atoms with Gasteiger partial charge in [0.25, 0.3) is 5.91 Å². The standard InChI is InChI=1S/C26H24ClN3O5/c1-2-3-9-18(26(34)35)28-25(33)19-14-21(24-22(31)10-6-11-23(24)32)30(29-19)20-13-12-17(27)15-7-4-5-8-16(15)20/h4-8,10-14,18,31-32H,2-3,9H2,1H3,(H,28,33)(H,34,35)/t18-/m0/s1. The summed E-state index contributed by atoms with van der Waals surface area (Å²) < 4.78 is 1.43. The van der Waals surface area contributed by atoms with Crippen molar-refractivity contribution in [3.05, 3.63) is 71.4 Å². The van der Waals surface area contributed by atoms with Crippen molar-refractivity contribution in [1.82, 2.24) is 15.1 Å². The highest BCUT2D eigenvalue weighted by Crippen LogP contribution is 2.39. The molecule has 1 atom stereocenters. The topological polar surface area (TPSA) is 125 Å². The molecule has 0 saturated heterocycles. The summed E-state index contributed by atoms with van der Waals surface area (Å²) in [5.41, 5.74) is 0.824. The second-order valence-electron chi connectivity index (χ2n) is 8.12. The smallest absolute Gasteiger partial charge is 0.326 e. The Morgan fingerprint density at radius 1 is 1.03 bits per heavy atom. The van der Waals surface area contributed by atoms with E-state index in [1.165, 1.54) is 28.9 Å². The van der Waals surface area contributed by atoms with Crippen molar-refractivity contribution in [1.29, 1.82) is 0 Å². The summed E-state index contributed by atoms with van der Waals surface area (Å²) in [4.78, 5) is 24.7. The number of hydrogen-bond donors (Lipinski definition) is 4. The first-order chi connectivity index (χ1) is 16.8. The maximum Gasteiger partial charge on any atom is 0.326 e. The molecule has 0 bridgehead atoms. The summed E-state index contributed by atoms with van der Waals surface area (Å²) in [6.45, 7) is 1.93. The molecule has 4 aromatic rings. The number of unbranched alkanes of at least 4 members (excludes halogenated alkanes) is 1. The molecular formula is C26H24ClN3O5. The fourth-order valence-corrected chi connectivity index (χ4v) is 4.20. The molecule has 4 rings (SSSR count). The second kappa shape index (κ2) is 10.1. The summed E-state index contributed by atoms with van der Waals surface area (Å²) in [7, 11) is 0. The van der Waals surface area contributed by atoms with Crippen LogP contribution in [0.15, 0.2) is 60.7 Å². The summed E-state index contributed by atoms with van der Waals surface area (Å²) >= 11 is 6.38. The Bertz CT molecular complexity index is 1400. The number of fused-ring (bicyclic) bond motifs is 1. The van der Waals surface area contributed by atoms with Crippen LogP contribution in [0.2, 0.25) is 5.02 Å². The molecule has 3 aromatic carbocycles. The van der Waals surface area contributed by atoms with Crippen LogP contribution in [0.25, 0.3) is 27.7 Å². The van der Waals surface area contributed by atoms with E-state index in [-0.39, 0.29) is 34.9 Å². The van der Waals surface area contributed by atoms with Crippen molar-refractivity contribution in [2.24, 2.45) is 0 Å². The van der Waals surface area contributed by atoms with Crippen LogP contribution in [0, 0.1) is 0 Å². The van der Waals surface area contributed by atoms with Crippen molar-refractivity contribution in [3.8, 4) is 28.4 Å². The number of phenolic OH excluding ortho intramolecular Hbond substituents is 2. The minimum Gasteiger partial charge on any atom is -0.507 e. The van der Waals surface area contributed by atoms with Gasteiger partial charge in [-0.15, -0.1) is 0 Å². The number of nitrogens with one attached hydrogen (secondary N) is 1. The van der Waals surface area contributed by atoms with Crippen LogP contribution < -0.4 is 5.32 Å². The number of nitrogens with zero attached hydrogens (tertiary/aromatic N) is 2. The van der Waals surface area contributed by atoms with Crippen LogP contribution in [-0.4, -0.2) is 43.0 Å². The highest BCUT2D eigenvalue weighted by Gasteiger charge is 2.25. The highest BCUT2D eigenvalue weighted by atomic mass is 35.5. The molecule has 0 radical (unpaired) electrons. The lowest BCUT2D eigenvalue weighted by atomic mass is 10.1. The lowest BCUT2D eigenvalue weighted by molar-refractivity contribution is -0.139. The number of phenols is 2. The van der Waals surface area contributed by atoms with Crippen LogP contribution in [0.3, 0.4) is 0 Å². The van der Waals surface area contributed by atoms with Gasteiger partial charge in [0.1, 0.15) is 17.5 Å². The minimum absolute atomic E-state index is 0.0653. The fraction of sp³-hybridized carbons (Fsp3) is 0.192. The number of aliphatic carboxylic acids is 1. The third-order valence-corrected chi connectivity index (χ3v) is 6.07. The molecule has 0 saturated carbocycles. The molecule has 1 amide bonds. The molecular weight excluding hydrogens is 470 g/mol. The van der Waals surface area contributed by atoms with Gasteiger partial charge in [-0.3, -0.25) is 4.79 Å². The van der Waals surface area contributed by atoms with E-state index in [2.05, 4.69) is 10.4 Å². The average Bonchev–Trinajstić information content (AvgIpc) is 3.26. The number of carbonyl (C=O) groups is 2. The maximum atomic E-state index is 13.0. The first-order valence-corrected chi connectivity index (χ1v) is 11.5. The minimum atomic E-state index is -1.13. The van der Waals surface area contributed by atoms with Crippen LogP contribution >= 0.6 is 11.6 Å². The largest absolute Gasteiger partial charge is 0.507 e. The number of benzene rings is 3. The number of carbonyl (C=O) groups excluding carboxylic acids is 1. The van der Waals surface area contributed by atoms with Crippen molar-refractivity contribution >= 4 is 34.2 Å². The molecule has 0 spiro atoms. The Kier molecular flexibility index (Phi) is 6.93. The number of aromatic nitrogens is 2. The third-order valence-electron chi connectivity index (χ3n) is 5.74. The van der Waals surface area contributed by atoms with E-state index < -0.39 is 17.9 Å². The van der Waals surface area contributed by atoms with Crippen molar-refractivity contribution in [2.45, 2.75) is 32.2 Å². The molecule has 0 aliphatic heterocycles. The van der Waals surface area contributed by atoms with Crippen molar-refractivity contribution < 1.29 is 24.9 Å². The van der Waals surface area contributed by atoms with Crippen LogP contribution in [0.4, 0.5) is 0 Å². The van der Waals surface area contributed by atoms with Gasteiger partial charge in [0.05, 0.1) is 16.9 Å². The number of aromatic hydroxyl groups is 2. The predicted octanol–water partition coefficient (Wildman–Crippen LogP) is 5.13. The zero-order valence-corrected chi connectivity index (χ0v) is 19.7. The van der Waals surface area contributed by atoms with Gasteiger partial charge in [-0.2, -0.15) is 5.10 Å². The lowest BCUT2D eigenvalue weighted by Gasteiger charge is -2.13. The van der Waals surface area contributed by atoms with Gasteiger partial charge in [0.15, 0.2) is 5.69 Å². The van der Waals surface area contributed by atoms with E-state index in [0.717, 1.165) is 17.2 Å². The Hall–Kier alpha value is -4.04. The van der Waals surface area contributed by atoms with Crippen LogP contribution in [-0.2, 0) is 4.79 Å². The third kappa shape index (κ3) is 4.79. The summed E-state index contributed by atoms with van der Waals surface area (Å²) in [5.74, 6) is -2.22. The molecule has 1 aromatic heterocycles. The molecule has 0 aliphatic carbocycles. The van der Waals surface area contributed by atoms with Gasteiger partial charge in [-0.1, -0.05) is 61.7 Å². The molecule has 9 heteroatoms. The number of rotatable bonds is 8. The van der Waals surface area contributed by atoms with Gasteiger partial charge in [0.2, 0.25) is 0 Å². The molecule has 0 aliphatic rings. The zero-order valence-electron chi connectivity index (χ0n) is 18.9. The van der Waals surface area contributed by atoms with E-state index in [4.69, 9.17) is 11.6 Å². The number of carboxylic acids is 1. The van der Waals surface area contributed by atoms with Gasteiger partial charge in [-0.05, 0) is 36.8 Å². The van der Waals surface area contributed by atoms with Crippen LogP contribution in [0.5, 0.6) is 11.5 Å². The second-order valence-corrected chi connectivity index (χ2v) is 8.52. The number of carboxylic acid groups (broad SMARTS) is 1. The highest BCUT2D eigenvalue weighted by molar-refractivity contribution is 6.35. The van der Waals surface area contributed by atoms with Crippen LogP contribution in [0.1, 0.15) is 36.7 Å². The summed E-state index contributed by atoms with van der Waals surface area (Å²) in [5, 5.41) is 39.6. The van der Waals surface area contributed by atoms with E-state index in [1.54, 1.807) is 12.1 Å². The van der Waals surface area contributed by atoms with E-state index in [1.807, 2.05) is 31.2 Å². The quantitative estimate of drug-likeness (QED) is 0.269. The molecule has 0 unspecified atom stereocenters. The molecule has 180 valence electrons. The molecule has 0 fully saturated rings. The molecule has 8 nitrogen and oxygen atoms in total. The summed E-state index contributed by atoms with van der Waals surface area (Å²) in [6, 6.07) is 15.5. The average molecular weight is 494 g/mol. The number of amides is 1. The molecule has 4 N–H and O–H groups in total. The zero-order chi connectivity index (χ0) is 25.1. The predicted molar refractivity (Wildman–Crippen MR) is 133 cm³/mol. The maximum absolute atomic E-state index is 13.0. The van der Waals surface area contributed by atoms with E-state index >= 15 is 0 Å². The van der Waals surface area contributed by atoms with Gasteiger partial charge < -0.3 is 20.6 Å². The Morgan fingerprint density at radius 3 is 2.37 bits per heavy atom. The molecule has 35 heavy (non-hydrogen) atoms. The first-order valence-electron chi connectivity index (χ1n) is 11.1. The molecule has 1 heterocycles. The Labute approximate surface area is 206 Å². The first kappa shape index (κ1) is 24.1. The monoisotopic (exact) mass is 493 g/mol. The van der Waals surface area contributed by atoms with Gasteiger partial charge in [-0.25, -0.2) is 9.48 Å². The summed E-state index contributed by atoms with van der Waals surface area (Å²) in [6.07, 6.45) is 1.71. The van der Waals surface area contributed by atoms with Gasteiger partial charge >= 0.3 is 5.97 Å². The van der Waals surface area contributed by atoms with Gasteiger partial charge in [0, 0.05) is 15.8 Å².